The third-order valence-electron chi connectivity index (χ3n) is 2.42. The fourth-order valence-electron chi connectivity index (χ4n) is 1.51. The summed E-state index contributed by atoms with van der Waals surface area (Å²) in [5.74, 6) is 0. The molecule has 0 bridgehead atoms. The van der Waals surface area contributed by atoms with Crippen LogP contribution >= 0.6 is 11.3 Å². The summed E-state index contributed by atoms with van der Waals surface area (Å²) in [6.45, 7) is 0.216. The molecule has 0 saturated heterocycles. The van der Waals surface area contributed by atoms with Crippen molar-refractivity contribution in [1.82, 2.24) is 9.88 Å². The molecule has 0 spiro atoms. The Morgan fingerprint density at radius 3 is 2.79 bits per heavy atom. The lowest BCUT2D eigenvalue weighted by molar-refractivity contribution is 0.154. The quantitative estimate of drug-likeness (QED) is 0.879. The summed E-state index contributed by atoms with van der Waals surface area (Å²) in [6.07, 6.45) is -1.03. The number of aromatic nitrogens is 1. The van der Waals surface area contributed by atoms with Crippen LogP contribution in [0, 0.1) is 0 Å². The van der Waals surface area contributed by atoms with Crippen LogP contribution in [0.5, 0.6) is 0 Å². The molecular weight excluding hydrogens is 290 g/mol. The highest BCUT2D eigenvalue weighted by atomic mass is 32.2. The Morgan fingerprint density at radius 1 is 1.53 bits per heavy atom. The van der Waals surface area contributed by atoms with Crippen molar-refractivity contribution >= 4 is 37.7 Å². The highest BCUT2D eigenvalue weighted by Crippen LogP contribution is 2.25. The number of hydrogen-bond donors (Lipinski definition) is 2. The zero-order valence-electron chi connectivity index (χ0n) is 9.90. The highest BCUT2D eigenvalue weighted by molar-refractivity contribution is 7.91. The molecule has 1 aromatic carbocycles. The second-order valence-electron chi connectivity index (χ2n) is 3.97. The number of carbonyl (C=O) groups is 1. The lowest BCUT2D eigenvalue weighted by Crippen LogP contribution is -2.23. The van der Waals surface area contributed by atoms with Crippen LogP contribution in [0.3, 0.4) is 0 Å². The summed E-state index contributed by atoms with van der Waals surface area (Å²) < 4.78 is 22.9. The molecule has 3 N–H and O–H groups in total. The summed E-state index contributed by atoms with van der Waals surface area (Å²) in [6, 6.07) is 5.06. The van der Waals surface area contributed by atoms with E-state index >= 15 is 0 Å². The highest BCUT2D eigenvalue weighted by Gasteiger charge is 2.15. The Morgan fingerprint density at radius 2 is 2.21 bits per heavy atom. The predicted molar refractivity (Wildman–Crippen MR) is 70.5 cm³/mol. The van der Waals surface area contributed by atoms with Gasteiger partial charge in [0.2, 0.25) is 4.34 Å². The van der Waals surface area contributed by atoms with E-state index in [1.54, 1.807) is 18.2 Å². The number of thiazole rings is 1. The minimum absolute atomic E-state index is 0.147. The number of hydrogen-bond acceptors (Lipinski definition) is 5. The van der Waals surface area contributed by atoms with Crippen LogP contribution in [-0.4, -0.2) is 36.5 Å². The van der Waals surface area contributed by atoms with Gasteiger partial charge in [-0.15, -0.1) is 11.3 Å². The molecule has 1 aromatic heterocycles. The number of nitrogens with zero attached hydrogens (tertiary/aromatic N) is 2. The first-order valence-corrected chi connectivity index (χ1v) is 7.50. The first-order valence-electron chi connectivity index (χ1n) is 5.13. The van der Waals surface area contributed by atoms with E-state index in [1.807, 2.05) is 0 Å². The van der Waals surface area contributed by atoms with Crippen molar-refractivity contribution in [3.63, 3.8) is 0 Å². The van der Waals surface area contributed by atoms with Gasteiger partial charge in [0.1, 0.15) is 0 Å². The van der Waals surface area contributed by atoms with Gasteiger partial charge < -0.3 is 10.0 Å². The van der Waals surface area contributed by atoms with Crippen molar-refractivity contribution in [2.75, 3.05) is 7.05 Å². The van der Waals surface area contributed by atoms with Crippen molar-refractivity contribution < 1.29 is 18.3 Å². The zero-order chi connectivity index (χ0) is 14.2. The monoisotopic (exact) mass is 301 g/mol. The molecule has 1 heterocycles. The van der Waals surface area contributed by atoms with Crippen LogP contribution in [0.1, 0.15) is 5.56 Å². The van der Waals surface area contributed by atoms with Crippen LogP contribution < -0.4 is 5.14 Å². The smallest absolute Gasteiger partial charge is 0.407 e. The van der Waals surface area contributed by atoms with Gasteiger partial charge in [0.25, 0.3) is 10.0 Å². The molecule has 0 unspecified atom stereocenters. The first-order chi connectivity index (χ1) is 8.77. The number of nitrogens with two attached hydrogens (primary N) is 1. The average molecular weight is 301 g/mol. The molecular formula is C10H11N3O4S2. The van der Waals surface area contributed by atoms with E-state index < -0.39 is 16.1 Å². The third-order valence-corrected chi connectivity index (χ3v) is 4.76. The Kier molecular flexibility index (Phi) is 3.43. The van der Waals surface area contributed by atoms with Crippen LogP contribution in [0.15, 0.2) is 22.5 Å². The number of rotatable bonds is 3. The van der Waals surface area contributed by atoms with Crippen LogP contribution in [0.4, 0.5) is 4.79 Å². The van der Waals surface area contributed by atoms with Gasteiger partial charge in [0, 0.05) is 13.6 Å². The molecule has 0 radical (unpaired) electrons. The first kappa shape index (κ1) is 13.7. The van der Waals surface area contributed by atoms with E-state index in [4.69, 9.17) is 10.2 Å². The van der Waals surface area contributed by atoms with Crippen LogP contribution in [0.2, 0.25) is 0 Å². The molecule has 19 heavy (non-hydrogen) atoms. The van der Waals surface area contributed by atoms with E-state index in [0.717, 1.165) is 21.8 Å². The van der Waals surface area contributed by atoms with Gasteiger partial charge in [0.15, 0.2) is 0 Å². The second-order valence-corrected chi connectivity index (χ2v) is 6.73. The van der Waals surface area contributed by atoms with Gasteiger partial charge in [-0.25, -0.2) is 23.3 Å². The van der Waals surface area contributed by atoms with E-state index in [-0.39, 0.29) is 10.9 Å². The van der Waals surface area contributed by atoms with Gasteiger partial charge in [-0.3, -0.25) is 0 Å². The molecule has 0 saturated carbocycles. The Labute approximate surface area is 113 Å². The van der Waals surface area contributed by atoms with Gasteiger partial charge in [-0.1, -0.05) is 6.07 Å². The van der Waals surface area contributed by atoms with Crippen LogP contribution in [0.25, 0.3) is 10.2 Å². The van der Waals surface area contributed by atoms with Gasteiger partial charge in [-0.05, 0) is 17.7 Å². The number of fused-ring (bicyclic) bond motifs is 1. The molecule has 2 aromatic rings. The largest absolute Gasteiger partial charge is 0.465 e. The van der Waals surface area contributed by atoms with Crippen molar-refractivity contribution in [2.45, 2.75) is 10.9 Å². The normalized spacial score (nSPS) is 11.7. The number of amides is 1. The number of primary sulfonamides is 1. The number of benzene rings is 1. The lowest BCUT2D eigenvalue weighted by atomic mass is 10.2. The van der Waals surface area contributed by atoms with Crippen molar-refractivity contribution in [3.05, 3.63) is 23.8 Å². The Balaban J connectivity index is 2.38. The number of carboxylic acid groups (broad SMARTS) is 1. The minimum atomic E-state index is -3.81. The van der Waals surface area contributed by atoms with Gasteiger partial charge in [-0.2, -0.15) is 0 Å². The fourth-order valence-corrected chi connectivity index (χ4v) is 3.23. The maximum atomic E-state index is 11.2. The molecule has 9 heteroatoms. The third kappa shape index (κ3) is 3.00. The van der Waals surface area contributed by atoms with Crippen molar-refractivity contribution in [3.8, 4) is 0 Å². The second kappa shape index (κ2) is 4.76. The summed E-state index contributed by atoms with van der Waals surface area (Å²) in [4.78, 5) is 15.8. The van der Waals surface area contributed by atoms with E-state index in [9.17, 15) is 13.2 Å². The summed E-state index contributed by atoms with van der Waals surface area (Å²) in [7, 11) is -2.36. The molecule has 0 atom stereocenters. The Bertz CT molecular complexity index is 738. The molecule has 102 valence electrons. The summed E-state index contributed by atoms with van der Waals surface area (Å²) in [5, 5.41) is 13.8. The standard InChI is InChI=1S/C10H11N3O4S2/c1-13(10(14)15)5-6-2-3-7-8(4-6)18-9(12-7)19(11,16)17/h2-4H,5H2,1H3,(H,14,15)(H2,11,16,17). The fraction of sp³-hybridized carbons (Fsp3) is 0.200. The van der Waals surface area contributed by atoms with Gasteiger partial charge >= 0.3 is 6.09 Å². The predicted octanol–water partition coefficient (Wildman–Crippen LogP) is 1.05. The van der Waals surface area contributed by atoms with Gasteiger partial charge in [0.05, 0.1) is 10.2 Å². The molecule has 0 aliphatic heterocycles. The molecule has 2 rings (SSSR count). The lowest BCUT2D eigenvalue weighted by Gasteiger charge is -2.12. The number of sulfonamides is 1. The summed E-state index contributed by atoms with van der Waals surface area (Å²) >= 11 is 0.964. The van der Waals surface area contributed by atoms with E-state index in [2.05, 4.69) is 4.98 Å². The molecule has 0 fully saturated rings. The topological polar surface area (TPSA) is 114 Å². The van der Waals surface area contributed by atoms with E-state index in [0.29, 0.717) is 10.2 Å². The van der Waals surface area contributed by atoms with Crippen molar-refractivity contribution in [2.24, 2.45) is 5.14 Å². The van der Waals surface area contributed by atoms with Crippen molar-refractivity contribution in [1.29, 1.82) is 0 Å². The maximum absolute atomic E-state index is 11.2. The summed E-state index contributed by atoms with van der Waals surface area (Å²) in [5.41, 5.74) is 1.28. The molecule has 7 nitrogen and oxygen atoms in total. The maximum Gasteiger partial charge on any atom is 0.407 e. The SMILES string of the molecule is CN(Cc1ccc2nc(S(N)(=O)=O)sc2c1)C(=O)O. The molecule has 0 aliphatic rings. The molecule has 1 amide bonds. The molecule has 0 aliphatic carbocycles. The average Bonchev–Trinajstić information content (AvgIpc) is 2.71. The van der Waals surface area contributed by atoms with Crippen LogP contribution in [-0.2, 0) is 16.6 Å². The van der Waals surface area contributed by atoms with E-state index in [1.165, 1.54) is 7.05 Å². The zero-order valence-corrected chi connectivity index (χ0v) is 11.5. The minimum Gasteiger partial charge on any atom is -0.465 e. The Hall–Kier alpha value is -1.71.